The molecule has 1 unspecified atom stereocenters. The highest BCUT2D eigenvalue weighted by Crippen LogP contribution is 2.26. The molecule has 4 heteroatoms. The maximum absolute atomic E-state index is 13.1. The van der Waals surface area contributed by atoms with Crippen molar-refractivity contribution in [3.8, 4) is 6.07 Å². The average molecular weight is 233 g/mol. The van der Waals surface area contributed by atoms with E-state index in [0.717, 1.165) is 19.4 Å². The smallest absolute Gasteiger partial charge is 0.128 e. The van der Waals surface area contributed by atoms with Crippen LogP contribution in [0, 0.1) is 17.1 Å². The molecule has 0 amide bonds. The highest BCUT2D eigenvalue weighted by Gasteiger charge is 2.34. The van der Waals surface area contributed by atoms with Crippen LogP contribution in [-0.4, -0.2) is 18.1 Å². The summed E-state index contributed by atoms with van der Waals surface area (Å²) in [7, 11) is 0. The molecule has 0 spiro atoms. The Hall–Kier alpha value is -1.60. The van der Waals surface area contributed by atoms with Gasteiger partial charge in [0.1, 0.15) is 11.4 Å². The Morgan fingerprint density at radius 3 is 3.06 bits per heavy atom. The second-order valence-corrected chi connectivity index (χ2v) is 4.64. The van der Waals surface area contributed by atoms with Gasteiger partial charge < -0.3 is 10.6 Å². The van der Waals surface area contributed by atoms with Gasteiger partial charge in [0, 0.05) is 11.7 Å². The van der Waals surface area contributed by atoms with Gasteiger partial charge in [-0.05, 0) is 44.5 Å². The molecule has 1 aromatic rings. The van der Waals surface area contributed by atoms with E-state index in [-0.39, 0.29) is 5.82 Å². The average Bonchev–Trinajstić information content (AvgIpc) is 2.29. The number of hydrogen-bond acceptors (Lipinski definition) is 3. The van der Waals surface area contributed by atoms with Crippen LogP contribution in [0.15, 0.2) is 24.3 Å². The maximum atomic E-state index is 13.1. The predicted molar refractivity (Wildman–Crippen MR) is 65.1 cm³/mol. The number of piperidine rings is 1. The van der Waals surface area contributed by atoms with E-state index in [0.29, 0.717) is 11.7 Å². The number of nitriles is 1. The summed E-state index contributed by atoms with van der Waals surface area (Å²) in [6, 6.07) is 8.89. The minimum atomic E-state index is -0.585. The zero-order chi connectivity index (χ0) is 12.3. The van der Waals surface area contributed by atoms with Crippen molar-refractivity contribution >= 4 is 5.69 Å². The lowest BCUT2D eigenvalue weighted by Crippen LogP contribution is -2.50. The van der Waals surface area contributed by atoms with Crippen molar-refractivity contribution in [1.82, 2.24) is 5.32 Å². The molecule has 1 aliphatic rings. The van der Waals surface area contributed by atoms with Crippen molar-refractivity contribution in [3.05, 3.63) is 30.1 Å². The summed E-state index contributed by atoms with van der Waals surface area (Å²) >= 11 is 0. The fourth-order valence-electron chi connectivity index (χ4n) is 2.31. The van der Waals surface area contributed by atoms with Crippen molar-refractivity contribution in [2.75, 3.05) is 11.9 Å². The number of rotatable bonds is 2. The van der Waals surface area contributed by atoms with Crippen LogP contribution in [0.25, 0.3) is 0 Å². The predicted octanol–water partition coefficient (Wildman–Crippen LogP) is 2.27. The molecular formula is C13H16FN3. The molecule has 0 aliphatic carbocycles. The zero-order valence-electron chi connectivity index (χ0n) is 9.83. The first-order valence-corrected chi connectivity index (χ1v) is 5.82. The van der Waals surface area contributed by atoms with Crippen LogP contribution in [-0.2, 0) is 0 Å². The Morgan fingerprint density at radius 1 is 1.59 bits per heavy atom. The summed E-state index contributed by atoms with van der Waals surface area (Å²) < 4.78 is 13.1. The molecule has 0 saturated carbocycles. The van der Waals surface area contributed by atoms with Crippen molar-refractivity contribution in [2.24, 2.45) is 0 Å². The molecule has 1 heterocycles. The maximum Gasteiger partial charge on any atom is 0.128 e. The molecule has 0 aromatic heterocycles. The molecule has 1 aromatic carbocycles. The number of nitrogens with one attached hydrogen (secondary N) is 2. The van der Waals surface area contributed by atoms with Gasteiger partial charge >= 0.3 is 0 Å². The third-order valence-electron chi connectivity index (χ3n) is 3.12. The van der Waals surface area contributed by atoms with E-state index in [1.54, 1.807) is 12.1 Å². The zero-order valence-corrected chi connectivity index (χ0v) is 9.83. The van der Waals surface area contributed by atoms with Gasteiger partial charge in [0.05, 0.1) is 6.07 Å². The minimum Gasteiger partial charge on any atom is -0.367 e. The fraction of sp³-hybridized carbons (Fsp3) is 0.462. The molecule has 1 aliphatic heterocycles. The number of hydrogen-bond donors (Lipinski definition) is 2. The van der Waals surface area contributed by atoms with Crippen molar-refractivity contribution in [2.45, 2.75) is 31.3 Å². The Bertz CT molecular complexity index is 441. The number of nitrogens with zero attached hydrogens (tertiary/aromatic N) is 1. The van der Waals surface area contributed by atoms with E-state index in [9.17, 15) is 9.65 Å². The van der Waals surface area contributed by atoms with Crippen LogP contribution >= 0.6 is 0 Å². The second kappa shape index (κ2) is 4.72. The summed E-state index contributed by atoms with van der Waals surface area (Å²) in [6.45, 7) is 2.86. The van der Waals surface area contributed by atoms with E-state index >= 15 is 0 Å². The molecule has 90 valence electrons. The Kier molecular flexibility index (Phi) is 3.30. The molecule has 2 N–H and O–H groups in total. The van der Waals surface area contributed by atoms with E-state index in [1.165, 1.54) is 12.1 Å². The first kappa shape index (κ1) is 11.9. The molecular weight excluding hydrogens is 217 g/mol. The summed E-state index contributed by atoms with van der Waals surface area (Å²) in [6.07, 6.45) is 1.45. The molecule has 17 heavy (non-hydrogen) atoms. The van der Waals surface area contributed by atoms with Crippen LogP contribution in [0.5, 0.6) is 0 Å². The third kappa shape index (κ3) is 2.75. The second-order valence-electron chi connectivity index (χ2n) is 4.64. The summed E-state index contributed by atoms with van der Waals surface area (Å²) in [4.78, 5) is 0. The lowest BCUT2D eigenvalue weighted by molar-refractivity contribution is 0.342. The molecule has 3 nitrogen and oxygen atoms in total. The summed E-state index contributed by atoms with van der Waals surface area (Å²) in [5, 5.41) is 15.8. The fourth-order valence-corrected chi connectivity index (χ4v) is 2.31. The molecule has 2 rings (SSSR count). The normalized spacial score (nSPS) is 28.4. The minimum absolute atomic E-state index is 0.287. The molecule has 2 atom stereocenters. The molecule has 0 bridgehead atoms. The van der Waals surface area contributed by atoms with Crippen molar-refractivity contribution < 1.29 is 4.39 Å². The lowest BCUT2D eigenvalue weighted by atomic mass is 9.86. The van der Waals surface area contributed by atoms with Gasteiger partial charge in [-0.2, -0.15) is 5.26 Å². The van der Waals surface area contributed by atoms with E-state index < -0.39 is 5.54 Å². The van der Waals surface area contributed by atoms with Crippen LogP contribution < -0.4 is 10.6 Å². The van der Waals surface area contributed by atoms with Gasteiger partial charge in [-0.1, -0.05) is 6.07 Å². The van der Waals surface area contributed by atoms with Gasteiger partial charge in [0.15, 0.2) is 0 Å². The van der Waals surface area contributed by atoms with Gasteiger partial charge in [0.2, 0.25) is 0 Å². The monoisotopic (exact) mass is 233 g/mol. The van der Waals surface area contributed by atoms with E-state index in [1.807, 2.05) is 0 Å². The Morgan fingerprint density at radius 2 is 2.41 bits per heavy atom. The van der Waals surface area contributed by atoms with Crippen molar-refractivity contribution in [1.29, 1.82) is 5.26 Å². The van der Waals surface area contributed by atoms with E-state index in [2.05, 4.69) is 23.6 Å². The largest absolute Gasteiger partial charge is 0.367 e. The Balaban J connectivity index is 2.17. The topological polar surface area (TPSA) is 47.9 Å². The number of halogens is 1. The summed E-state index contributed by atoms with van der Waals surface area (Å²) in [5.41, 5.74) is 0.0824. The molecule has 1 fully saturated rings. The Labute approximate surface area is 101 Å². The summed E-state index contributed by atoms with van der Waals surface area (Å²) in [5.74, 6) is -0.287. The van der Waals surface area contributed by atoms with Gasteiger partial charge in [-0.25, -0.2) is 4.39 Å². The first-order valence-electron chi connectivity index (χ1n) is 5.82. The van der Waals surface area contributed by atoms with Gasteiger partial charge in [-0.3, -0.25) is 0 Å². The lowest BCUT2D eigenvalue weighted by Gasteiger charge is -2.36. The molecule has 0 radical (unpaired) electrons. The quantitative estimate of drug-likeness (QED) is 0.823. The first-order chi connectivity index (χ1) is 8.13. The highest BCUT2D eigenvalue weighted by molar-refractivity contribution is 5.48. The number of anilines is 1. The van der Waals surface area contributed by atoms with Crippen LogP contribution in [0.4, 0.5) is 10.1 Å². The third-order valence-corrected chi connectivity index (χ3v) is 3.12. The highest BCUT2D eigenvalue weighted by atomic mass is 19.1. The van der Waals surface area contributed by atoms with Gasteiger partial charge in [0.25, 0.3) is 0 Å². The SMILES string of the molecule is CC1C[C@@](C#N)(Nc2cccc(F)c2)CCN1. The van der Waals surface area contributed by atoms with E-state index in [4.69, 9.17) is 0 Å². The van der Waals surface area contributed by atoms with Crippen LogP contribution in [0.2, 0.25) is 0 Å². The van der Waals surface area contributed by atoms with Crippen LogP contribution in [0.1, 0.15) is 19.8 Å². The standard InChI is InChI=1S/C13H16FN3/c1-10-8-13(9-15,5-6-16-10)17-12-4-2-3-11(14)7-12/h2-4,7,10,16-17H,5-6,8H2,1H3/t10?,13-/m0/s1. The van der Waals surface area contributed by atoms with Gasteiger partial charge in [-0.15, -0.1) is 0 Å². The van der Waals surface area contributed by atoms with Crippen molar-refractivity contribution in [3.63, 3.8) is 0 Å². The number of benzene rings is 1. The molecule has 1 saturated heterocycles. The van der Waals surface area contributed by atoms with Crippen LogP contribution in [0.3, 0.4) is 0 Å².